The third-order valence-electron chi connectivity index (χ3n) is 0.556. The number of hydrogen-bond donors (Lipinski definition) is 0. The molecule has 0 unspecified atom stereocenters. The summed E-state index contributed by atoms with van der Waals surface area (Å²) in [5, 5.41) is 0. The van der Waals surface area contributed by atoms with Crippen LogP contribution in [-0.4, -0.2) is 42.7 Å². The Kier molecular flexibility index (Phi) is 62.8. The predicted molar refractivity (Wildman–Crippen MR) is 79.3 cm³/mol. The van der Waals surface area contributed by atoms with Gasteiger partial charge in [-0.05, 0) is 7.92 Å². The number of hydrogen-bond acceptors (Lipinski definition) is 0. The predicted octanol–water partition coefficient (Wildman–Crippen LogP) is 3.79. The van der Waals surface area contributed by atoms with Gasteiger partial charge in [-0.2, -0.15) is 18.2 Å². The van der Waals surface area contributed by atoms with Gasteiger partial charge in [0.15, 0.2) is 0 Å². The molecule has 0 aliphatic heterocycles. The van der Waals surface area contributed by atoms with Crippen LogP contribution < -0.4 is 0 Å². The molecule has 0 amide bonds. The quantitative estimate of drug-likeness (QED) is 0.181. The van der Waals surface area contributed by atoms with E-state index in [9.17, 15) is 0 Å². The van der Waals surface area contributed by atoms with Crippen molar-refractivity contribution in [2.24, 2.45) is 0 Å². The zero-order valence-corrected chi connectivity index (χ0v) is 19.9. The van der Waals surface area contributed by atoms with Crippen LogP contribution in [0.5, 0.6) is 0 Å². The fourth-order valence-corrected chi connectivity index (χ4v) is 0.321. The van der Waals surface area contributed by atoms with Crippen molar-refractivity contribution in [2.45, 2.75) is 13.4 Å². The van der Waals surface area contributed by atoms with Crippen LogP contribution in [0.15, 0.2) is 30.3 Å². The van der Waals surface area contributed by atoms with E-state index in [1.807, 2.05) is 30.3 Å². The molecular formula is C13H24O2PPbW. The van der Waals surface area contributed by atoms with Gasteiger partial charge in [0.05, 0.1) is 0 Å². The van der Waals surface area contributed by atoms with E-state index < -0.39 is 22.7 Å². The van der Waals surface area contributed by atoms with Gasteiger partial charge in [0.2, 0.25) is 0 Å². The standard InChI is InChI=1S/C5H5.C3H9P.2CO.3CH3.Pb.W/c1-2-4-5-3-1;1-4(2)3;2*1-2;;;;;/h1-5H;1-3H3;;;3*1H3;;/q-1;;;;;;;;/p+1. The van der Waals surface area contributed by atoms with Crippen LogP contribution in [0.3, 0.4) is 0 Å². The van der Waals surface area contributed by atoms with Gasteiger partial charge >= 0.3 is 58.8 Å². The summed E-state index contributed by atoms with van der Waals surface area (Å²) in [5.41, 5.74) is 0. The van der Waals surface area contributed by atoms with Crippen LogP contribution in [0.2, 0.25) is 13.4 Å². The average molecular weight is 634 g/mol. The molecule has 0 fully saturated rings. The van der Waals surface area contributed by atoms with E-state index in [-0.39, 0.29) is 29.0 Å². The first-order valence-corrected chi connectivity index (χ1v) is 19.7. The summed E-state index contributed by atoms with van der Waals surface area (Å²) in [6.07, 6.45) is 0. The van der Waals surface area contributed by atoms with Crippen molar-refractivity contribution in [3.05, 3.63) is 43.6 Å². The molecule has 1 aromatic rings. The van der Waals surface area contributed by atoms with Gasteiger partial charge in [-0.3, -0.25) is 0 Å². The molecule has 1 radical (unpaired) electrons. The Balaban J connectivity index is -0.0000000407. The summed E-state index contributed by atoms with van der Waals surface area (Å²) in [6.45, 7) is 15.8. The van der Waals surface area contributed by atoms with Gasteiger partial charge < -0.3 is 0 Å². The Morgan fingerprint density at radius 2 is 1.06 bits per heavy atom. The molecule has 103 valence electrons. The molecule has 0 aliphatic rings. The molecular weight excluding hydrogens is 610 g/mol. The third kappa shape index (κ3) is 123. The summed E-state index contributed by atoms with van der Waals surface area (Å²) >= 11 is -0.657. The third-order valence-corrected chi connectivity index (χ3v) is 0.556. The molecule has 0 N–H and O–H groups in total. The second kappa shape index (κ2) is 36.1. The van der Waals surface area contributed by atoms with E-state index in [0.29, 0.717) is 0 Å². The first-order valence-electron chi connectivity index (χ1n) is 5.07. The molecule has 0 saturated carbocycles. The van der Waals surface area contributed by atoms with Gasteiger partial charge in [0.1, 0.15) is 0 Å². The van der Waals surface area contributed by atoms with E-state index in [4.69, 9.17) is 9.30 Å². The molecule has 0 spiro atoms. The van der Waals surface area contributed by atoms with E-state index in [1.54, 1.807) is 0 Å². The molecule has 0 aliphatic carbocycles. The first kappa shape index (κ1) is 31.3. The molecule has 2 nitrogen and oxygen atoms in total. The van der Waals surface area contributed by atoms with Gasteiger partial charge in [-0.15, -0.1) is 0 Å². The summed E-state index contributed by atoms with van der Waals surface area (Å²) in [7, 11) is 0.120. The first-order chi connectivity index (χ1) is 7.96. The fourth-order valence-electron chi connectivity index (χ4n) is 0.321. The topological polar surface area (TPSA) is 39.8 Å². The minimum absolute atomic E-state index is 0. The summed E-state index contributed by atoms with van der Waals surface area (Å²) in [6, 6.07) is 10.0. The maximum atomic E-state index is 7.50. The summed E-state index contributed by atoms with van der Waals surface area (Å²) < 4.78 is 22.1. The zero-order valence-electron chi connectivity index (χ0n) is 12.1. The van der Waals surface area contributed by atoms with E-state index in [1.165, 1.54) is 0 Å². The number of rotatable bonds is 0. The molecule has 0 aromatic heterocycles. The normalized spacial score (nSPS) is 6.44. The Bertz CT molecular complexity index is 187. The summed E-state index contributed by atoms with van der Waals surface area (Å²) in [5.74, 6) is 0. The van der Waals surface area contributed by atoms with E-state index in [2.05, 4.69) is 46.7 Å². The second-order valence-corrected chi connectivity index (χ2v) is 18.6. The van der Waals surface area contributed by atoms with E-state index in [0.717, 1.165) is 0 Å². The van der Waals surface area contributed by atoms with E-state index >= 15 is 0 Å². The maximum Gasteiger partial charge on any atom is 0 e. The Morgan fingerprint density at radius 1 is 0.889 bits per heavy atom. The summed E-state index contributed by atoms with van der Waals surface area (Å²) in [4.78, 5) is 0. The Morgan fingerprint density at radius 3 is 1.11 bits per heavy atom. The molecule has 0 heterocycles. The molecule has 0 saturated heterocycles. The smallest absolute Gasteiger partial charge is 0 e. The van der Waals surface area contributed by atoms with Crippen LogP contribution in [-0.2, 0) is 30.4 Å². The Labute approximate surface area is 137 Å². The largest absolute Gasteiger partial charge is 0.214 e. The minimum atomic E-state index is -0.657. The molecule has 0 bridgehead atoms. The average Bonchev–Trinajstić information content (AvgIpc) is 2.79. The van der Waals surface area contributed by atoms with Crippen molar-refractivity contribution in [3.8, 4) is 0 Å². The van der Waals surface area contributed by atoms with Gasteiger partial charge in [-0.1, -0.05) is 0 Å². The molecule has 5 heteroatoms. The zero-order chi connectivity index (χ0) is 14.7. The van der Waals surface area contributed by atoms with Crippen molar-refractivity contribution in [3.63, 3.8) is 0 Å². The second-order valence-electron chi connectivity index (χ2n) is 3.96. The minimum Gasteiger partial charge on any atom is -0.214 e. The maximum absolute atomic E-state index is 7.50. The van der Waals surface area contributed by atoms with Crippen molar-refractivity contribution >= 4 is 30.6 Å². The van der Waals surface area contributed by atoms with Crippen LogP contribution in [0, 0.1) is 13.3 Å². The SMILES string of the molecule is C[PH+](C)C.[C-]#[O+].[C-]#[O+].[CH3][Pb]([CH3])[CH3].[W].c1cc[cH-]c1. The van der Waals surface area contributed by atoms with Gasteiger partial charge in [-0.25, -0.2) is 12.1 Å². The molecule has 0 atom stereocenters. The molecule has 1 aromatic carbocycles. The van der Waals surface area contributed by atoms with Gasteiger partial charge in [0, 0.05) is 41.1 Å². The molecule has 1 rings (SSSR count). The molecule has 18 heavy (non-hydrogen) atoms. The van der Waals surface area contributed by atoms with Crippen molar-refractivity contribution in [1.29, 1.82) is 0 Å². The Hall–Kier alpha value is 0.870. The monoisotopic (exact) mass is 635 g/mol. The van der Waals surface area contributed by atoms with Crippen molar-refractivity contribution < 1.29 is 30.4 Å². The van der Waals surface area contributed by atoms with Gasteiger partial charge in [0.25, 0.3) is 0 Å². The van der Waals surface area contributed by atoms with Crippen molar-refractivity contribution in [2.75, 3.05) is 20.0 Å². The van der Waals surface area contributed by atoms with Crippen LogP contribution in [0.4, 0.5) is 0 Å². The van der Waals surface area contributed by atoms with Crippen LogP contribution >= 0.6 is 7.92 Å². The van der Waals surface area contributed by atoms with Crippen molar-refractivity contribution in [1.82, 2.24) is 0 Å². The van der Waals surface area contributed by atoms with Crippen LogP contribution in [0.25, 0.3) is 0 Å². The van der Waals surface area contributed by atoms with Crippen LogP contribution in [0.1, 0.15) is 0 Å². The fraction of sp³-hybridized carbons (Fsp3) is 0.462.